The second kappa shape index (κ2) is 8.22. The van der Waals surface area contributed by atoms with E-state index < -0.39 is 41.5 Å². The van der Waals surface area contributed by atoms with Crippen LogP contribution in [0.4, 0.5) is 9.18 Å². The molecule has 1 aliphatic rings. The number of amides is 2. The molecule has 1 aromatic carbocycles. The summed E-state index contributed by atoms with van der Waals surface area (Å²) in [5.74, 6) is -2.01. The number of rotatable bonds is 4. The van der Waals surface area contributed by atoms with Crippen LogP contribution in [-0.4, -0.2) is 52.5 Å². The molecule has 1 heterocycles. The van der Waals surface area contributed by atoms with Crippen molar-refractivity contribution < 1.29 is 23.8 Å². The maximum Gasteiger partial charge on any atom is 0.411 e. The molecule has 27 heavy (non-hydrogen) atoms. The van der Waals surface area contributed by atoms with Gasteiger partial charge in [0.25, 0.3) is 0 Å². The van der Waals surface area contributed by atoms with Gasteiger partial charge in [0, 0.05) is 30.8 Å². The van der Waals surface area contributed by atoms with Crippen LogP contribution in [0.1, 0.15) is 26.3 Å². The summed E-state index contributed by atoms with van der Waals surface area (Å²) >= 11 is 5.72. The minimum absolute atomic E-state index is 0.0246. The monoisotopic (exact) mass is 399 g/mol. The van der Waals surface area contributed by atoms with E-state index in [1.807, 2.05) is 0 Å². The van der Waals surface area contributed by atoms with Gasteiger partial charge in [0.15, 0.2) is 0 Å². The summed E-state index contributed by atoms with van der Waals surface area (Å²) in [6, 6.07) is 3.17. The summed E-state index contributed by atoms with van der Waals surface area (Å²) < 4.78 is 19.3. The summed E-state index contributed by atoms with van der Waals surface area (Å²) in [6.45, 7) is 4.86. The number of nitrogens with one attached hydrogen (secondary N) is 2. The standard InChI is InChI=1S/C18H23ClFN3O4/c1-18(2,3)27-17(26)23-9-11(7-21)15(24)14(23)16(25)22-8-10-5-4-6-12(19)13(10)20/h4-7,11,14-15,21,24H,8-9H2,1-3H3,(H,22,25)/t11-,14+,15+/m1/s1. The van der Waals surface area contributed by atoms with E-state index in [2.05, 4.69) is 5.32 Å². The van der Waals surface area contributed by atoms with Crippen molar-refractivity contribution >= 4 is 29.8 Å². The Morgan fingerprint density at radius 1 is 1.48 bits per heavy atom. The van der Waals surface area contributed by atoms with Gasteiger partial charge in [0.05, 0.1) is 11.1 Å². The highest BCUT2D eigenvalue weighted by atomic mass is 35.5. The lowest BCUT2D eigenvalue weighted by atomic mass is 10.0. The number of carbonyl (C=O) groups is 2. The van der Waals surface area contributed by atoms with Gasteiger partial charge in [0.2, 0.25) is 5.91 Å². The van der Waals surface area contributed by atoms with Crippen LogP contribution in [0.5, 0.6) is 0 Å². The van der Waals surface area contributed by atoms with Crippen molar-refractivity contribution in [2.45, 2.75) is 45.1 Å². The zero-order valence-electron chi connectivity index (χ0n) is 15.3. The fourth-order valence-corrected chi connectivity index (χ4v) is 2.99. The minimum Gasteiger partial charge on any atom is -0.444 e. The second-order valence-corrected chi connectivity index (χ2v) is 7.74. The van der Waals surface area contributed by atoms with Gasteiger partial charge in [-0.05, 0) is 26.8 Å². The maximum absolute atomic E-state index is 14.0. The van der Waals surface area contributed by atoms with Crippen molar-refractivity contribution in [2.24, 2.45) is 5.92 Å². The highest BCUT2D eigenvalue weighted by Crippen LogP contribution is 2.26. The van der Waals surface area contributed by atoms with Crippen molar-refractivity contribution in [1.82, 2.24) is 10.2 Å². The second-order valence-electron chi connectivity index (χ2n) is 7.33. The molecule has 0 aromatic heterocycles. The number of likely N-dealkylation sites (tertiary alicyclic amines) is 1. The summed E-state index contributed by atoms with van der Waals surface area (Å²) in [5, 5.41) is 20.2. The lowest BCUT2D eigenvalue weighted by molar-refractivity contribution is -0.128. The molecule has 2 amide bonds. The number of halogens is 2. The Morgan fingerprint density at radius 2 is 2.15 bits per heavy atom. The molecule has 0 aliphatic carbocycles. The van der Waals surface area contributed by atoms with Gasteiger partial charge in [-0.3, -0.25) is 9.69 Å². The number of aliphatic hydroxyl groups excluding tert-OH is 1. The van der Waals surface area contributed by atoms with E-state index in [0.29, 0.717) is 0 Å². The molecule has 3 atom stereocenters. The lowest BCUT2D eigenvalue weighted by Gasteiger charge is -2.28. The van der Waals surface area contributed by atoms with E-state index in [1.165, 1.54) is 12.1 Å². The molecule has 2 rings (SSSR count). The first-order valence-electron chi connectivity index (χ1n) is 8.44. The zero-order chi connectivity index (χ0) is 20.4. The van der Waals surface area contributed by atoms with Crippen LogP contribution in [0.25, 0.3) is 0 Å². The Kier molecular flexibility index (Phi) is 6.43. The van der Waals surface area contributed by atoms with E-state index >= 15 is 0 Å². The number of carbonyl (C=O) groups excluding carboxylic acids is 2. The van der Waals surface area contributed by atoms with Crippen LogP contribution in [0, 0.1) is 17.1 Å². The molecule has 1 aliphatic heterocycles. The van der Waals surface area contributed by atoms with Crippen molar-refractivity contribution in [1.29, 1.82) is 5.41 Å². The summed E-state index contributed by atoms with van der Waals surface area (Å²) in [6.07, 6.45) is -1.04. The van der Waals surface area contributed by atoms with Crippen LogP contribution in [0.3, 0.4) is 0 Å². The number of hydrogen-bond acceptors (Lipinski definition) is 5. The van der Waals surface area contributed by atoms with Gasteiger partial charge in [0.1, 0.15) is 17.5 Å². The van der Waals surface area contributed by atoms with E-state index in [9.17, 15) is 19.1 Å². The fraction of sp³-hybridized carbons (Fsp3) is 0.500. The van der Waals surface area contributed by atoms with E-state index in [-0.39, 0.29) is 23.7 Å². The molecule has 1 aromatic rings. The fourth-order valence-electron chi connectivity index (χ4n) is 2.80. The molecule has 0 unspecified atom stereocenters. The number of nitrogens with zero attached hydrogens (tertiary/aromatic N) is 1. The van der Waals surface area contributed by atoms with Gasteiger partial charge >= 0.3 is 6.09 Å². The predicted octanol–water partition coefficient (Wildman–Crippen LogP) is 2.34. The summed E-state index contributed by atoms with van der Waals surface area (Å²) in [7, 11) is 0. The molecular formula is C18H23ClFN3O4. The maximum atomic E-state index is 14.0. The Morgan fingerprint density at radius 3 is 2.74 bits per heavy atom. The predicted molar refractivity (Wildman–Crippen MR) is 98.3 cm³/mol. The summed E-state index contributed by atoms with van der Waals surface area (Å²) in [4.78, 5) is 26.1. The molecular weight excluding hydrogens is 377 g/mol. The molecule has 0 spiro atoms. The number of ether oxygens (including phenoxy) is 1. The smallest absolute Gasteiger partial charge is 0.411 e. The number of hydrogen-bond donors (Lipinski definition) is 3. The zero-order valence-corrected chi connectivity index (χ0v) is 16.1. The molecule has 1 saturated heterocycles. The Labute approximate surface area is 161 Å². The molecule has 148 valence electrons. The van der Waals surface area contributed by atoms with Crippen LogP contribution in [0.2, 0.25) is 5.02 Å². The third kappa shape index (κ3) is 4.95. The Hall–Kier alpha value is -2.19. The average molecular weight is 400 g/mol. The van der Waals surface area contributed by atoms with Gasteiger partial charge in [-0.25, -0.2) is 9.18 Å². The Bertz CT molecular complexity index is 738. The largest absolute Gasteiger partial charge is 0.444 e. The topological polar surface area (TPSA) is 103 Å². The Balaban J connectivity index is 2.15. The van der Waals surface area contributed by atoms with Gasteiger partial charge in [-0.1, -0.05) is 23.7 Å². The molecule has 9 heteroatoms. The quantitative estimate of drug-likeness (QED) is 0.676. The third-order valence-corrected chi connectivity index (χ3v) is 4.39. The summed E-state index contributed by atoms with van der Waals surface area (Å²) in [5.41, 5.74) is -0.605. The van der Waals surface area contributed by atoms with E-state index in [0.717, 1.165) is 11.1 Å². The molecule has 1 fully saturated rings. The van der Waals surface area contributed by atoms with Crippen molar-refractivity contribution in [3.8, 4) is 0 Å². The van der Waals surface area contributed by atoms with Crippen LogP contribution in [-0.2, 0) is 16.1 Å². The first kappa shape index (κ1) is 21.1. The van der Waals surface area contributed by atoms with E-state index in [4.69, 9.17) is 21.7 Å². The van der Waals surface area contributed by atoms with Crippen LogP contribution >= 0.6 is 11.6 Å². The van der Waals surface area contributed by atoms with Crippen molar-refractivity contribution in [3.63, 3.8) is 0 Å². The van der Waals surface area contributed by atoms with E-state index in [1.54, 1.807) is 26.8 Å². The SMILES string of the molecule is CC(C)(C)OC(=O)N1C[C@@H](C=N)[C@H](O)[C@H]1C(=O)NCc1cccc(Cl)c1F. The molecule has 7 nitrogen and oxygen atoms in total. The average Bonchev–Trinajstić information content (AvgIpc) is 2.91. The molecule has 0 radical (unpaired) electrons. The first-order chi connectivity index (χ1) is 12.5. The van der Waals surface area contributed by atoms with Crippen molar-refractivity contribution in [2.75, 3.05) is 6.54 Å². The van der Waals surface area contributed by atoms with Crippen LogP contribution < -0.4 is 5.32 Å². The highest BCUT2D eigenvalue weighted by molar-refractivity contribution is 6.30. The minimum atomic E-state index is -1.26. The highest BCUT2D eigenvalue weighted by Gasteiger charge is 2.47. The number of benzene rings is 1. The van der Waals surface area contributed by atoms with Crippen LogP contribution in [0.15, 0.2) is 18.2 Å². The lowest BCUT2D eigenvalue weighted by Crippen LogP contribution is -2.51. The normalized spacial score (nSPS) is 22.4. The molecule has 0 bridgehead atoms. The number of aliphatic hydroxyl groups is 1. The van der Waals surface area contributed by atoms with Gasteiger partial charge < -0.3 is 20.6 Å². The van der Waals surface area contributed by atoms with Gasteiger partial charge in [-0.2, -0.15) is 0 Å². The first-order valence-corrected chi connectivity index (χ1v) is 8.82. The molecule has 0 saturated carbocycles. The third-order valence-electron chi connectivity index (χ3n) is 4.10. The van der Waals surface area contributed by atoms with Crippen molar-refractivity contribution in [3.05, 3.63) is 34.6 Å². The molecule has 3 N–H and O–H groups in total. The van der Waals surface area contributed by atoms with Gasteiger partial charge in [-0.15, -0.1) is 0 Å².